The number of aryl methyl sites for hydroxylation is 1. The van der Waals surface area contributed by atoms with Gasteiger partial charge in [0, 0.05) is 32.5 Å². The van der Waals surface area contributed by atoms with Gasteiger partial charge < -0.3 is 14.1 Å². The maximum Gasteiger partial charge on any atom is 0.318 e. The molecule has 1 aliphatic carbocycles. The molecule has 182 valence electrons. The lowest BCUT2D eigenvalue weighted by atomic mass is 9.67. The van der Waals surface area contributed by atoms with Gasteiger partial charge in [0.2, 0.25) is 5.89 Å². The van der Waals surface area contributed by atoms with Gasteiger partial charge in [0.25, 0.3) is 0 Å². The van der Waals surface area contributed by atoms with E-state index in [9.17, 15) is 8.78 Å². The minimum absolute atomic E-state index is 0.143. The van der Waals surface area contributed by atoms with Crippen LogP contribution in [0.5, 0.6) is 0 Å². The number of fused-ring (bicyclic) bond motifs is 1. The normalized spacial score (nSPS) is 19.9. The van der Waals surface area contributed by atoms with E-state index >= 15 is 0 Å². The number of rotatable bonds is 8. The highest BCUT2D eigenvalue weighted by molar-refractivity contribution is 5.62. The molecule has 0 saturated carbocycles. The lowest BCUT2D eigenvalue weighted by molar-refractivity contribution is 0.200. The van der Waals surface area contributed by atoms with Crippen molar-refractivity contribution in [1.82, 2.24) is 20.4 Å². The van der Waals surface area contributed by atoms with Gasteiger partial charge in [-0.25, -0.2) is 8.78 Å². The summed E-state index contributed by atoms with van der Waals surface area (Å²) in [5.41, 5.74) is 1.53. The van der Waals surface area contributed by atoms with Crippen molar-refractivity contribution in [2.24, 2.45) is 5.92 Å². The van der Waals surface area contributed by atoms with E-state index in [1.165, 1.54) is 18.2 Å². The highest BCUT2D eigenvalue weighted by atomic mass is 19.1. The van der Waals surface area contributed by atoms with Crippen LogP contribution in [0.2, 0.25) is 0 Å². The molecule has 2 heterocycles. The fraction of sp³-hybridized carbons (Fsp3) is 0.520. The molecule has 0 radical (unpaired) electrons. The van der Waals surface area contributed by atoms with Gasteiger partial charge in [-0.15, -0.1) is 5.10 Å². The molecular weight excluding hydrogens is 440 g/mol. The van der Waals surface area contributed by atoms with E-state index in [2.05, 4.69) is 41.2 Å². The molecule has 0 saturated heterocycles. The number of hydrogen-bond acceptors (Lipinski definition) is 7. The van der Waals surface area contributed by atoms with Gasteiger partial charge in [-0.1, -0.05) is 31.9 Å². The van der Waals surface area contributed by atoms with Gasteiger partial charge in [0.15, 0.2) is 0 Å². The Kier molecular flexibility index (Phi) is 6.93. The fourth-order valence-electron chi connectivity index (χ4n) is 4.90. The summed E-state index contributed by atoms with van der Waals surface area (Å²) in [4.78, 5) is 2.01. The van der Waals surface area contributed by atoms with Crippen molar-refractivity contribution >= 4 is 6.01 Å². The standard InChI is InChI=1S/C25H31F2N5O2/c1-15(2)17-9-10-25(4,14-32(11-12-33-5)24-31-28-16(3)34-24)23-18(17)13-21(29-30-23)22-19(26)7-6-8-20(22)27/h6-8,13,15,17H,9-12,14H2,1-5H3/t17-,25-/m1/s1. The van der Waals surface area contributed by atoms with E-state index in [1.54, 1.807) is 14.0 Å². The summed E-state index contributed by atoms with van der Waals surface area (Å²) in [7, 11) is 1.65. The van der Waals surface area contributed by atoms with Crippen molar-refractivity contribution < 1.29 is 17.9 Å². The molecule has 0 fully saturated rings. The Labute approximate surface area is 198 Å². The number of aromatic nitrogens is 4. The molecule has 2 atom stereocenters. The van der Waals surface area contributed by atoms with Crippen LogP contribution < -0.4 is 4.90 Å². The Balaban J connectivity index is 1.76. The molecule has 34 heavy (non-hydrogen) atoms. The maximum atomic E-state index is 14.5. The molecule has 7 nitrogen and oxygen atoms in total. The number of anilines is 1. The maximum absolute atomic E-state index is 14.5. The Bertz CT molecular complexity index is 1130. The Morgan fingerprint density at radius 3 is 2.53 bits per heavy atom. The fourth-order valence-corrected chi connectivity index (χ4v) is 4.90. The Morgan fingerprint density at radius 1 is 1.18 bits per heavy atom. The van der Waals surface area contributed by atoms with Crippen LogP contribution in [-0.4, -0.2) is 47.2 Å². The van der Waals surface area contributed by atoms with Gasteiger partial charge in [-0.3, -0.25) is 0 Å². The summed E-state index contributed by atoms with van der Waals surface area (Å²) in [5.74, 6) is -0.250. The van der Waals surface area contributed by atoms with E-state index in [4.69, 9.17) is 9.15 Å². The molecule has 0 spiro atoms. The first-order chi connectivity index (χ1) is 16.2. The zero-order chi connectivity index (χ0) is 24.5. The van der Waals surface area contributed by atoms with Crippen LogP contribution >= 0.6 is 0 Å². The molecular formula is C25H31F2N5O2. The van der Waals surface area contributed by atoms with Crippen molar-refractivity contribution in [3.63, 3.8) is 0 Å². The van der Waals surface area contributed by atoms with Gasteiger partial charge >= 0.3 is 6.01 Å². The number of ether oxygens (including phenoxy) is 1. The average Bonchev–Trinajstić information content (AvgIpc) is 3.22. The first-order valence-corrected chi connectivity index (χ1v) is 11.6. The van der Waals surface area contributed by atoms with Crippen LogP contribution in [0.1, 0.15) is 56.7 Å². The quantitative estimate of drug-likeness (QED) is 0.455. The van der Waals surface area contributed by atoms with E-state index < -0.39 is 11.6 Å². The molecule has 1 aliphatic rings. The number of halogens is 2. The lowest BCUT2D eigenvalue weighted by Gasteiger charge is -2.41. The third-order valence-corrected chi connectivity index (χ3v) is 6.72. The van der Waals surface area contributed by atoms with Crippen LogP contribution in [0.15, 0.2) is 28.7 Å². The number of hydrogen-bond donors (Lipinski definition) is 0. The van der Waals surface area contributed by atoms with E-state index in [-0.39, 0.29) is 22.6 Å². The first kappa shape index (κ1) is 24.2. The molecule has 0 unspecified atom stereocenters. The zero-order valence-corrected chi connectivity index (χ0v) is 20.3. The summed E-state index contributed by atoms with van der Waals surface area (Å²) in [6.45, 7) is 9.85. The first-order valence-electron chi connectivity index (χ1n) is 11.6. The smallest absolute Gasteiger partial charge is 0.318 e. The van der Waals surface area contributed by atoms with E-state index in [1.807, 2.05) is 11.0 Å². The summed E-state index contributed by atoms with van der Waals surface area (Å²) < 4.78 is 40.0. The molecule has 9 heteroatoms. The predicted octanol–water partition coefficient (Wildman–Crippen LogP) is 5.06. The Morgan fingerprint density at radius 2 is 1.91 bits per heavy atom. The molecule has 0 aliphatic heterocycles. The second kappa shape index (κ2) is 9.74. The van der Waals surface area contributed by atoms with Crippen molar-refractivity contribution in [3.05, 3.63) is 53.0 Å². The van der Waals surface area contributed by atoms with Crippen molar-refractivity contribution in [1.29, 1.82) is 0 Å². The van der Waals surface area contributed by atoms with Crippen molar-refractivity contribution in [3.8, 4) is 11.3 Å². The SMILES string of the molecule is COCCN(C[C@@]1(C)CC[C@H](C(C)C)c2cc(-c3c(F)cccc3F)nnc21)c1nnc(C)o1. The molecule has 1 aromatic carbocycles. The minimum Gasteiger partial charge on any atom is -0.408 e. The lowest BCUT2D eigenvalue weighted by Crippen LogP contribution is -2.44. The third-order valence-electron chi connectivity index (χ3n) is 6.72. The molecule has 0 N–H and O–H groups in total. The summed E-state index contributed by atoms with van der Waals surface area (Å²) in [6, 6.07) is 6.08. The van der Waals surface area contributed by atoms with Gasteiger partial charge in [0.1, 0.15) is 11.6 Å². The highest BCUT2D eigenvalue weighted by Crippen LogP contribution is 2.46. The van der Waals surface area contributed by atoms with E-state index in [0.717, 1.165) is 24.1 Å². The molecule has 0 bridgehead atoms. The minimum atomic E-state index is -0.647. The van der Waals surface area contributed by atoms with Crippen LogP contribution in [0, 0.1) is 24.5 Å². The summed E-state index contributed by atoms with van der Waals surface area (Å²) in [6.07, 6.45) is 1.80. The van der Waals surface area contributed by atoms with Crippen LogP contribution in [-0.2, 0) is 10.2 Å². The van der Waals surface area contributed by atoms with Crippen LogP contribution in [0.4, 0.5) is 14.8 Å². The van der Waals surface area contributed by atoms with Gasteiger partial charge in [-0.2, -0.15) is 10.2 Å². The zero-order valence-electron chi connectivity index (χ0n) is 20.3. The van der Waals surface area contributed by atoms with Crippen LogP contribution in [0.25, 0.3) is 11.3 Å². The number of methoxy groups -OCH3 is 1. The second-order valence-electron chi connectivity index (χ2n) is 9.60. The van der Waals surface area contributed by atoms with Gasteiger partial charge in [0.05, 0.1) is 23.6 Å². The number of nitrogens with zero attached hydrogens (tertiary/aromatic N) is 5. The molecule has 4 rings (SSSR count). The number of benzene rings is 1. The second-order valence-corrected chi connectivity index (χ2v) is 9.60. The highest BCUT2D eigenvalue weighted by Gasteiger charge is 2.41. The Hall–Kier alpha value is -2.94. The average molecular weight is 472 g/mol. The largest absolute Gasteiger partial charge is 0.408 e. The molecule has 0 amide bonds. The summed E-state index contributed by atoms with van der Waals surface area (Å²) >= 11 is 0. The van der Waals surface area contributed by atoms with Crippen LogP contribution in [0.3, 0.4) is 0 Å². The van der Waals surface area contributed by atoms with Gasteiger partial charge in [-0.05, 0) is 48.4 Å². The monoisotopic (exact) mass is 471 g/mol. The summed E-state index contributed by atoms with van der Waals surface area (Å²) in [5, 5.41) is 17.1. The third kappa shape index (κ3) is 4.66. The van der Waals surface area contributed by atoms with Crippen molar-refractivity contribution in [2.45, 2.75) is 51.9 Å². The van der Waals surface area contributed by atoms with Crippen molar-refractivity contribution in [2.75, 3.05) is 31.7 Å². The van der Waals surface area contributed by atoms with E-state index in [0.29, 0.717) is 37.5 Å². The molecule has 3 aromatic rings. The topological polar surface area (TPSA) is 77.2 Å². The molecule has 2 aromatic heterocycles. The predicted molar refractivity (Wildman–Crippen MR) is 125 cm³/mol.